The van der Waals surface area contributed by atoms with E-state index in [1.54, 1.807) is 0 Å². The van der Waals surface area contributed by atoms with Crippen LogP contribution < -0.4 is 0 Å². The van der Waals surface area contributed by atoms with Crippen LogP contribution in [0.1, 0.15) is 27.0 Å². The SMILES string of the molecule is Cc1ccc(C(=O)c2cn(Cc3ccc(I)cc3)c3ccccc23)cc1. The van der Waals surface area contributed by atoms with Gasteiger partial charge in [-0.2, -0.15) is 0 Å². The Morgan fingerprint density at radius 1 is 0.923 bits per heavy atom. The van der Waals surface area contributed by atoms with Gasteiger partial charge in [-0.1, -0.05) is 60.2 Å². The molecule has 0 N–H and O–H groups in total. The van der Waals surface area contributed by atoms with Crippen LogP contribution in [0.15, 0.2) is 79.0 Å². The second-order valence-corrected chi connectivity index (χ2v) is 7.76. The lowest BCUT2D eigenvalue weighted by Crippen LogP contribution is -2.01. The summed E-state index contributed by atoms with van der Waals surface area (Å²) in [6.07, 6.45) is 1.99. The standard InChI is InChI=1S/C23H18INO/c1-16-6-10-18(11-7-16)23(26)21-15-25(22-5-3-2-4-20(21)22)14-17-8-12-19(24)13-9-17/h2-13,15H,14H2,1H3. The number of halogens is 1. The van der Waals surface area contributed by atoms with Crippen LogP contribution in [-0.4, -0.2) is 10.4 Å². The second-order valence-electron chi connectivity index (χ2n) is 6.51. The van der Waals surface area contributed by atoms with Crippen LogP contribution >= 0.6 is 22.6 Å². The topological polar surface area (TPSA) is 22.0 Å². The number of benzene rings is 3. The van der Waals surface area contributed by atoms with E-state index in [1.807, 2.05) is 55.6 Å². The Labute approximate surface area is 166 Å². The highest BCUT2D eigenvalue weighted by Crippen LogP contribution is 2.25. The number of carbonyl (C=O) groups is 1. The number of nitrogens with zero attached hydrogens (tertiary/aromatic N) is 1. The van der Waals surface area contributed by atoms with E-state index in [2.05, 4.69) is 57.5 Å². The van der Waals surface area contributed by atoms with E-state index in [1.165, 1.54) is 9.13 Å². The molecule has 4 aromatic rings. The zero-order valence-corrected chi connectivity index (χ0v) is 16.6. The lowest BCUT2D eigenvalue weighted by Gasteiger charge is -2.05. The number of hydrogen-bond donors (Lipinski definition) is 0. The number of aryl methyl sites for hydroxylation is 1. The van der Waals surface area contributed by atoms with E-state index in [4.69, 9.17) is 0 Å². The van der Waals surface area contributed by atoms with Crippen molar-refractivity contribution >= 4 is 39.3 Å². The second kappa shape index (κ2) is 7.08. The van der Waals surface area contributed by atoms with Crippen molar-refractivity contribution < 1.29 is 4.79 Å². The van der Waals surface area contributed by atoms with Crippen LogP contribution in [0.2, 0.25) is 0 Å². The van der Waals surface area contributed by atoms with Crippen LogP contribution in [0, 0.1) is 10.5 Å². The van der Waals surface area contributed by atoms with Gasteiger partial charge in [0.2, 0.25) is 0 Å². The maximum Gasteiger partial charge on any atom is 0.195 e. The van der Waals surface area contributed by atoms with Gasteiger partial charge in [0, 0.05) is 38.3 Å². The van der Waals surface area contributed by atoms with Gasteiger partial charge in [-0.3, -0.25) is 4.79 Å². The summed E-state index contributed by atoms with van der Waals surface area (Å²) in [5, 5.41) is 1.00. The molecule has 0 aliphatic rings. The summed E-state index contributed by atoms with van der Waals surface area (Å²) in [6, 6.07) is 24.4. The molecule has 0 fully saturated rings. The number of ketones is 1. The van der Waals surface area contributed by atoms with E-state index in [-0.39, 0.29) is 5.78 Å². The summed E-state index contributed by atoms with van der Waals surface area (Å²) in [6.45, 7) is 2.78. The molecule has 128 valence electrons. The highest BCUT2D eigenvalue weighted by Gasteiger charge is 2.16. The molecular formula is C23H18INO. The van der Waals surface area contributed by atoms with Crippen molar-refractivity contribution in [2.24, 2.45) is 0 Å². The first-order valence-corrected chi connectivity index (χ1v) is 9.63. The Bertz CT molecular complexity index is 1080. The van der Waals surface area contributed by atoms with Gasteiger partial charge in [0.15, 0.2) is 5.78 Å². The Morgan fingerprint density at radius 2 is 1.62 bits per heavy atom. The fraction of sp³-hybridized carbons (Fsp3) is 0.0870. The predicted molar refractivity (Wildman–Crippen MR) is 115 cm³/mol. The molecule has 0 atom stereocenters. The minimum absolute atomic E-state index is 0.0718. The molecule has 0 spiro atoms. The minimum atomic E-state index is 0.0718. The van der Waals surface area contributed by atoms with Gasteiger partial charge in [-0.15, -0.1) is 0 Å². The average molecular weight is 451 g/mol. The Balaban J connectivity index is 1.77. The van der Waals surface area contributed by atoms with Crippen molar-refractivity contribution in [1.82, 2.24) is 4.57 Å². The summed E-state index contributed by atoms with van der Waals surface area (Å²) in [5.41, 5.74) is 4.95. The Hall–Kier alpha value is -2.40. The molecule has 0 bridgehead atoms. The molecule has 1 heterocycles. The molecule has 26 heavy (non-hydrogen) atoms. The van der Waals surface area contributed by atoms with Crippen LogP contribution in [0.3, 0.4) is 0 Å². The Morgan fingerprint density at radius 3 is 2.35 bits per heavy atom. The maximum absolute atomic E-state index is 13.1. The normalized spacial score (nSPS) is 11.0. The first kappa shape index (κ1) is 17.0. The highest BCUT2D eigenvalue weighted by molar-refractivity contribution is 14.1. The summed E-state index contributed by atoms with van der Waals surface area (Å²) < 4.78 is 3.39. The van der Waals surface area contributed by atoms with Crippen molar-refractivity contribution in [3.63, 3.8) is 0 Å². The molecule has 0 aliphatic heterocycles. The van der Waals surface area contributed by atoms with Crippen molar-refractivity contribution in [3.8, 4) is 0 Å². The van der Waals surface area contributed by atoms with Gasteiger partial charge < -0.3 is 4.57 Å². The number of para-hydroxylation sites is 1. The third-order valence-electron chi connectivity index (χ3n) is 4.61. The molecule has 0 saturated heterocycles. The van der Waals surface area contributed by atoms with Crippen LogP contribution in [-0.2, 0) is 6.54 Å². The zero-order chi connectivity index (χ0) is 18.1. The number of aromatic nitrogens is 1. The molecule has 0 aliphatic carbocycles. The van der Waals surface area contributed by atoms with Gasteiger partial charge >= 0.3 is 0 Å². The van der Waals surface area contributed by atoms with Gasteiger partial charge in [-0.25, -0.2) is 0 Å². The summed E-state index contributed by atoms with van der Waals surface area (Å²) >= 11 is 2.31. The largest absolute Gasteiger partial charge is 0.342 e. The minimum Gasteiger partial charge on any atom is -0.342 e. The molecule has 0 saturated carbocycles. The summed E-state index contributed by atoms with van der Waals surface area (Å²) in [5.74, 6) is 0.0718. The number of rotatable bonds is 4. The maximum atomic E-state index is 13.1. The van der Waals surface area contributed by atoms with E-state index in [0.717, 1.165) is 34.1 Å². The Kier molecular flexibility index (Phi) is 4.64. The fourth-order valence-electron chi connectivity index (χ4n) is 3.21. The molecule has 1 aromatic heterocycles. The van der Waals surface area contributed by atoms with Gasteiger partial charge in [-0.05, 0) is 53.3 Å². The first-order chi connectivity index (χ1) is 12.6. The fourth-order valence-corrected chi connectivity index (χ4v) is 3.57. The monoisotopic (exact) mass is 451 g/mol. The van der Waals surface area contributed by atoms with Crippen molar-refractivity contribution in [2.75, 3.05) is 0 Å². The molecule has 2 nitrogen and oxygen atoms in total. The molecule has 3 aromatic carbocycles. The van der Waals surface area contributed by atoms with Gasteiger partial charge in [0.05, 0.1) is 0 Å². The van der Waals surface area contributed by atoms with Crippen molar-refractivity contribution in [3.05, 3.63) is 105 Å². The summed E-state index contributed by atoms with van der Waals surface area (Å²) in [7, 11) is 0. The third-order valence-corrected chi connectivity index (χ3v) is 5.33. The van der Waals surface area contributed by atoms with E-state index in [9.17, 15) is 4.79 Å². The van der Waals surface area contributed by atoms with Crippen LogP contribution in [0.4, 0.5) is 0 Å². The molecule has 0 amide bonds. The third kappa shape index (κ3) is 3.31. The predicted octanol–water partition coefficient (Wildman–Crippen LogP) is 5.83. The molecule has 0 radical (unpaired) electrons. The van der Waals surface area contributed by atoms with Crippen molar-refractivity contribution in [1.29, 1.82) is 0 Å². The average Bonchev–Trinajstić information content (AvgIpc) is 3.02. The van der Waals surface area contributed by atoms with Gasteiger partial charge in [0.25, 0.3) is 0 Å². The molecule has 0 unspecified atom stereocenters. The quantitative estimate of drug-likeness (QED) is 0.283. The lowest BCUT2D eigenvalue weighted by atomic mass is 10.0. The molecular weight excluding hydrogens is 433 g/mol. The first-order valence-electron chi connectivity index (χ1n) is 8.55. The van der Waals surface area contributed by atoms with Crippen molar-refractivity contribution in [2.45, 2.75) is 13.5 Å². The number of carbonyl (C=O) groups excluding carboxylic acids is 1. The molecule has 4 rings (SSSR count). The number of fused-ring (bicyclic) bond motifs is 1. The smallest absolute Gasteiger partial charge is 0.195 e. The summed E-state index contributed by atoms with van der Waals surface area (Å²) in [4.78, 5) is 13.1. The zero-order valence-electron chi connectivity index (χ0n) is 14.4. The van der Waals surface area contributed by atoms with Gasteiger partial charge in [0.1, 0.15) is 0 Å². The van der Waals surface area contributed by atoms with E-state index >= 15 is 0 Å². The number of hydrogen-bond acceptors (Lipinski definition) is 1. The highest BCUT2D eigenvalue weighted by atomic mass is 127. The molecule has 3 heteroatoms. The lowest BCUT2D eigenvalue weighted by molar-refractivity contribution is 0.104. The van der Waals surface area contributed by atoms with Crippen LogP contribution in [0.5, 0.6) is 0 Å². The van der Waals surface area contributed by atoms with E-state index < -0.39 is 0 Å². The van der Waals surface area contributed by atoms with E-state index in [0.29, 0.717) is 0 Å². The van der Waals surface area contributed by atoms with Crippen LogP contribution in [0.25, 0.3) is 10.9 Å².